The lowest BCUT2D eigenvalue weighted by atomic mass is 9.73. The first-order valence-corrected chi connectivity index (χ1v) is 8.64. The number of carboxylic acids is 1. The number of piperidine rings is 1. The van der Waals surface area contributed by atoms with E-state index in [4.69, 9.17) is 0 Å². The highest BCUT2D eigenvalue weighted by molar-refractivity contribution is 7.98. The van der Waals surface area contributed by atoms with E-state index in [1.54, 1.807) is 11.8 Å². The van der Waals surface area contributed by atoms with E-state index in [1.807, 2.05) is 36.6 Å². The smallest absolute Gasteiger partial charge is 0.313 e. The van der Waals surface area contributed by atoms with E-state index in [0.717, 1.165) is 24.4 Å². The van der Waals surface area contributed by atoms with Gasteiger partial charge in [-0.05, 0) is 24.7 Å². The average Bonchev–Trinajstić information content (AvgIpc) is 2.49. The van der Waals surface area contributed by atoms with Gasteiger partial charge in [0.15, 0.2) is 0 Å². The molecule has 1 fully saturated rings. The Morgan fingerprint density at radius 1 is 1.43 bits per heavy atom. The van der Waals surface area contributed by atoms with Crippen LogP contribution in [-0.2, 0) is 11.2 Å². The molecule has 2 atom stereocenters. The lowest BCUT2D eigenvalue weighted by molar-refractivity contribution is -0.163. The summed E-state index contributed by atoms with van der Waals surface area (Å²) in [5, 5.41) is 20.2. The minimum atomic E-state index is -1.10. The zero-order valence-electron chi connectivity index (χ0n) is 12.4. The molecule has 5 heteroatoms. The van der Waals surface area contributed by atoms with Gasteiger partial charge in [0.2, 0.25) is 0 Å². The Balaban J connectivity index is 2.19. The van der Waals surface area contributed by atoms with Crippen LogP contribution in [-0.4, -0.2) is 58.8 Å². The Labute approximate surface area is 130 Å². The minimum Gasteiger partial charge on any atom is -0.481 e. The maximum atomic E-state index is 11.9. The number of aliphatic hydroxyl groups is 1. The molecular weight excluding hydrogens is 286 g/mol. The van der Waals surface area contributed by atoms with Crippen LogP contribution in [0.25, 0.3) is 0 Å². The number of benzene rings is 1. The molecule has 0 aliphatic carbocycles. The van der Waals surface area contributed by atoms with Gasteiger partial charge in [-0.2, -0.15) is 11.8 Å². The lowest BCUT2D eigenvalue weighted by Gasteiger charge is -2.43. The van der Waals surface area contributed by atoms with Gasteiger partial charge < -0.3 is 15.1 Å². The Hall–Kier alpha value is -1.04. The van der Waals surface area contributed by atoms with Crippen molar-refractivity contribution in [3.63, 3.8) is 0 Å². The standard InChI is InChI=1S/C16H23NO3S/c1-21-10-9-17-8-7-14(18)16(12-17,15(19)20)11-13-5-3-2-4-6-13/h2-6,14,18H,7-12H2,1H3,(H,19,20)/t14-,16+/m0/s1. The molecule has 116 valence electrons. The molecule has 0 aromatic heterocycles. The molecule has 1 aliphatic heterocycles. The van der Waals surface area contributed by atoms with Crippen LogP contribution < -0.4 is 0 Å². The molecule has 1 aliphatic rings. The maximum absolute atomic E-state index is 11.9. The van der Waals surface area contributed by atoms with Crippen molar-refractivity contribution in [1.29, 1.82) is 0 Å². The van der Waals surface area contributed by atoms with E-state index in [2.05, 4.69) is 4.90 Å². The van der Waals surface area contributed by atoms with Crippen LogP contribution in [0.5, 0.6) is 0 Å². The first kappa shape index (κ1) is 16.3. The van der Waals surface area contributed by atoms with E-state index < -0.39 is 17.5 Å². The van der Waals surface area contributed by atoms with Crippen molar-refractivity contribution in [1.82, 2.24) is 4.90 Å². The van der Waals surface area contributed by atoms with Crippen molar-refractivity contribution in [3.05, 3.63) is 35.9 Å². The number of aliphatic carboxylic acids is 1. The van der Waals surface area contributed by atoms with E-state index in [1.165, 1.54) is 0 Å². The first-order chi connectivity index (χ1) is 10.1. The molecule has 1 aromatic carbocycles. The summed E-state index contributed by atoms with van der Waals surface area (Å²) >= 11 is 1.76. The summed E-state index contributed by atoms with van der Waals surface area (Å²) in [5.41, 5.74) is -0.136. The van der Waals surface area contributed by atoms with Crippen molar-refractivity contribution < 1.29 is 15.0 Å². The molecule has 0 radical (unpaired) electrons. The molecule has 21 heavy (non-hydrogen) atoms. The van der Waals surface area contributed by atoms with Crippen LogP contribution in [0.15, 0.2) is 30.3 Å². The van der Waals surface area contributed by atoms with Crippen molar-refractivity contribution >= 4 is 17.7 Å². The molecule has 1 saturated heterocycles. The first-order valence-electron chi connectivity index (χ1n) is 7.25. The van der Waals surface area contributed by atoms with Gasteiger partial charge in [0.05, 0.1) is 6.10 Å². The fourth-order valence-corrected chi connectivity index (χ4v) is 3.44. The quantitative estimate of drug-likeness (QED) is 0.838. The maximum Gasteiger partial charge on any atom is 0.313 e. The van der Waals surface area contributed by atoms with Gasteiger partial charge in [0, 0.05) is 25.4 Å². The highest BCUT2D eigenvalue weighted by Crippen LogP contribution is 2.34. The van der Waals surface area contributed by atoms with Crippen LogP contribution in [0, 0.1) is 5.41 Å². The summed E-state index contributed by atoms with van der Waals surface area (Å²) in [7, 11) is 0. The van der Waals surface area contributed by atoms with E-state index in [0.29, 0.717) is 19.4 Å². The van der Waals surface area contributed by atoms with Crippen LogP contribution in [0.1, 0.15) is 12.0 Å². The summed E-state index contributed by atoms with van der Waals surface area (Å²) in [6, 6.07) is 9.59. The second-order valence-corrected chi connectivity index (χ2v) is 6.68. The number of hydrogen-bond acceptors (Lipinski definition) is 4. The number of carboxylic acid groups (broad SMARTS) is 1. The molecule has 2 rings (SSSR count). The SMILES string of the molecule is CSCCN1CC[C@H](O)[C@](Cc2ccccc2)(C(=O)O)C1. The van der Waals surface area contributed by atoms with Gasteiger partial charge in [-0.15, -0.1) is 0 Å². The summed E-state index contributed by atoms with van der Waals surface area (Å²) in [6.07, 6.45) is 2.15. The molecule has 4 nitrogen and oxygen atoms in total. The monoisotopic (exact) mass is 309 g/mol. The Morgan fingerprint density at radius 3 is 2.76 bits per heavy atom. The van der Waals surface area contributed by atoms with Crippen molar-refractivity contribution in [2.75, 3.05) is 31.6 Å². The summed E-state index contributed by atoms with van der Waals surface area (Å²) in [5.74, 6) is 0.0876. The third kappa shape index (κ3) is 3.78. The second kappa shape index (κ2) is 7.29. The van der Waals surface area contributed by atoms with Gasteiger partial charge in [-0.1, -0.05) is 30.3 Å². The minimum absolute atomic E-state index is 0.375. The Morgan fingerprint density at radius 2 is 2.14 bits per heavy atom. The summed E-state index contributed by atoms with van der Waals surface area (Å²) in [6.45, 7) is 2.06. The third-order valence-corrected chi connectivity index (χ3v) is 4.85. The fraction of sp³-hybridized carbons (Fsp3) is 0.562. The molecule has 1 heterocycles. The predicted molar refractivity (Wildman–Crippen MR) is 85.7 cm³/mol. The molecule has 0 spiro atoms. The van der Waals surface area contributed by atoms with E-state index in [-0.39, 0.29) is 0 Å². The number of carbonyl (C=O) groups is 1. The van der Waals surface area contributed by atoms with E-state index >= 15 is 0 Å². The highest BCUT2D eigenvalue weighted by Gasteiger charge is 2.48. The van der Waals surface area contributed by atoms with Gasteiger partial charge in [-0.3, -0.25) is 4.79 Å². The van der Waals surface area contributed by atoms with Crippen LogP contribution in [0.4, 0.5) is 0 Å². The van der Waals surface area contributed by atoms with Crippen LogP contribution in [0.3, 0.4) is 0 Å². The lowest BCUT2D eigenvalue weighted by Crippen LogP contribution is -2.57. The Bertz CT molecular complexity index is 466. The predicted octanol–water partition coefficient (Wildman–Crippen LogP) is 1.73. The zero-order valence-corrected chi connectivity index (χ0v) is 13.2. The molecular formula is C16H23NO3S. The van der Waals surface area contributed by atoms with Crippen molar-refractivity contribution in [2.45, 2.75) is 18.9 Å². The molecule has 2 N–H and O–H groups in total. The topological polar surface area (TPSA) is 60.8 Å². The number of likely N-dealkylation sites (tertiary alicyclic amines) is 1. The molecule has 0 amide bonds. The van der Waals surface area contributed by atoms with Gasteiger partial charge in [0.25, 0.3) is 0 Å². The number of hydrogen-bond donors (Lipinski definition) is 2. The second-order valence-electron chi connectivity index (χ2n) is 5.70. The number of thioether (sulfide) groups is 1. The fourth-order valence-electron chi connectivity index (χ4n) is 3.00. The zero-order chi connectivity index (χ0) is 15.3. The number of aliphatic hydroxyl groups excluding tert-OH is 1. The molecule has 1 aromatic rings. The number of nitrogens with zero attached hydrogens (tertiary/aromatic N) is 1. The van der Waals surface area contributed by atoms with Crippen molar-refractivity contribution in [3.8, 4) is 0 Å². The van der Waals surface area contributed by atoms with E-state index in [9.17, 15) is 15.0 Å². The molecule has 0 bridgehead atoms. The third-order valence-electron chi connectivity index (χ3n) is 4.26. The van der Waals surface area contributed by atoms with Gasteiger partial charge >= 0.3 is 5.97 Å². The van der Waals surface area contributed by atoms with Crippen molar-refractivity contribution in [2.24, 2.45) is 5.41 Å². The van der Waals surface area contributed by atoms with Crippen LogP contribution in [0.2, 0.25) is 0 Å². The van der Waals surface area contributed by atoms with Crippen LogP contribution >= 0.6 is 11.8 Å². The van der Waals surface area contributed by atoms with Gasteiger partial charge in [0.1, 0.15) is 5.41 Å². The van der Waals surface area contributed by atoms with Gasteiger partial charge in [-0.25, -0.2) is 0 Å². The highest BCUT2D eigenvalue weighted by atomic mass is 32.2. The molecule has 0 saturated carbocycles. The summed E-state index contributed by atoms with van der Waals surface area (Å²) < 4.78 is 0. The normalized spacial score (nSPS) is 26.7. The number of rotatable bonds is 6. The summed E-state index contributed by atoms with van der Waals surface area (Å²) in [4.78, 5) is 14.1. The average molecular weight is 309 g/mol. The molecule has 0 unspecified atom stereocenters. The largest absolute Gasteiger partial charge is 0.481 e. The Kier molecular flexibility index (Phi) is 5.67.